The molecule has 0 bridgehead atoms. The van der Waals surface area contributed by atoms with E-state index in [0.29, 0.717) is 5.69 Å². The van der Waals surface area contributed by atoms with Crippen molar-refractivity contribution in [1.82, 2.24) is 0 Å². The first-order chi connectivity index (χ1) is 11.9. The van der Waals surface area contributed by atoms with Gasteiger partial charge >= 0.3 is 6.36 Å². The fourth-order valence-electron chi connectivity index (χ4n) is 3.05. The van der Waals surface area contributed by atoms with Gasteiger partial charge in [0.25, 0.3) is 0 Å². The SMILES string of the molecule is Fc1ccccc1N1CC[NH+](Cc2ccc(OC(F)(F)F)cc2)CC1. The summed E-state index contributed by atoms with van der Waals surface area (Å²) in [6.07, 6.45) is -4.67. The number of nitrogens with one attached hydrogen (secondary N) is 1. The molecule has 134 valence electrons. The molecule has 0 aliphatic carbocycles. The van der Waals surface area contributed by atoms with Crippen LogP contribution >= 0.6 is 0 Å². The summed E-state index contributed by atoms with van der Waals surface area (Å²) >= 11 is 0. The molecule has 3 rings (SSSR count). The highest BCUT2D eigenvalue weighted by atomic mass is 19.4. The normalized spacial score (nSPS) is 16.1. The van der Waals surface area contributed by atoms with Crippen molar-refractivity contribution < 1.29 is 27.2 Å². The van der Waals surface area contributed by atoms with Gasteiger partial charge in [-0.15, -0.1) is 13.2 Å². The van der Waals surface area contributed by atoms with Crippen molar-refractivity contribution in [3.05, 3.63) is 59.9 Å². The van der Waals surface area contributed by atoms with E-state index in [0.717, 1.165) is 38.3 Å². The molecule has 1 N–H and O–H groups in total. The number of halogens is 4. The smallest absolute Gasteiger partial charge is 0.406 e. The quantitative estimate of drug-likeness (QED) is 0.850. The van der Waals surface area contributed by atoms with Crippen molar-refractivity contribution in [2.45, 2.75) is 12.9 Å². The van der Waals surface area contributed by atoms with Crippen LogP contribution in [0.25, 0.3) is 0 Å². The maximum absolute atomic E-state index is 13.8. The van der Waals surface area contributed by atoms with Gasteiger partial charge in [0, 0.05) is 5.56 Å². The molecule has 25 heavy (non-hydrogen) atoms. The van der Waals surface area contributed by atoms with Crippen molar-refractivity contribution in [3.8, 4) is 5.75 Å². The fourth-order valence-corrected chi connectivity index (χ4v) is 3.05. The highest BCUT2D eigenvalue weighted by Gasteiger charge is 2.31. The summed E-state index contributed by atoms with van der Waals surface area (Å²) in [7, 11) is 0. The first-order valence-electron chi connectivity index (χ1n) is 8.08. The van der Waals surface area contributed by atoms with Crippen LogP contribution in [0.4, 0.5) is 23.2 Å². The average molecular weight is 355 g/mol. The Hall–Kier alpha value is -2.28. The number of rotatable bonds is 4. The molecule has 3 nitrogen and oxygen atoms in total. The van der Waals surface area contributed by atoms with Crippen LogP contribution in [0.1, 0.15) is 5.56 Å². The van der Waals surface area contributed by atoms with Crippen LogP contribution in [-0.2, 0) is 6.54 Å². The summed E-state index contributed by atoms with van der Waals surface area (Å²) in [6, 6.07) is 12.7. The minimum Gasteiger partial charge on any atom is -0.406 e. The number of quaternary nitrogens is 1. The molecule has 0 spiro atoms. The second kappa shape index (κ2) is 7.31. The van der Waals surface area contributed by atoms with E-state index in [4.69, 9.17) is 0 Å². The van der Waals surface area contributed by atoms with Crippen molar-refractivity contribution in [3.63, 3.8) is 0 Å². The van der Waals surface area contributed by atoms with Crippen LogP contribution < -0.4 is 14.5 Å². The number of nitrogens with zero attached hydrogens (tertiary/aromatic N) is 1. The Kier molecular flexibility index (Phi) is 5.13. The van der Waals surface area contributed by atoms with Gasteiger partial charge in [0.15, 0.2) is 0 Å². The van der Waals surface area contributed by atoms with E-state index < -0.39 is 6.36 Å². The topological polar surface area (TPSA) is 16.9 Å². The highest BCUT2D eigenvalue weighted by Crippen LogP contribution is 2.22. The molecule has 1 saturated heterocycles. The van der Waals surface area contributed by atoms with Gasteiger partial charge in [-0.2, -0.15) is 0 Å². The lowest BCUT2D eigenvalue weighted by Gasteiger charge is -2.33. The van der Waals surface area contributed by atoms with Crippen LogP contribution in [0.5, 0.6) is 5.75 Å². The van der Waals surface area contributed by atoms with Crippen LogP contribution in [0.3, 0.4) is 0 Å². The van der Waals surface area contributed by atoms with Crippen molar-refractivity contribution in [2.24, 2.45) is 0 Å². The number of benzene rings is 2. The van der Waals surface area contributed by atoms with Crippen LogP contribution in [0.2, 0.25) is 0 Å². The zero-order valence-corrected chi connectivity index (χ0v) is 13.5. The molecule has 0 unspecified atom stereocenters. The Morgan fingerprint density at radius 1 is 0.960 bits per heavy atom. The third-order valence-electron chi connectivity index (χ3n) is 4.27. The van der Waals surface area contributed by atoms with Crippen molar-refractivity contribution in [1.29, 1.82) is 0 Å². The number of para-hydroxylation sites is 1. The van der Waals surface area contributed by atoms with Crippen molar-refractivity contribution in [2.75, 3.05) is 31.1 Å². The maximum atomic E-state index is 13.8. The summed E-state index contributed by atoms with van der Waals surface area (Å²) in [6.45, 7) is 3.89. The predicted octanol–water partition coefficient (Wildman–Crippen LogP) is 2.63. The molecule has 1 aliphatic rings. The number of alkyl halides is 3. The standard InChI is InChI=1S/C18H18F4N2O/c19-16-3-1-2-4-17(16)24-11-9-23(10-12-24)13-14-5-7-15(8-6-14)25-18(20,21)22/h1-8H,9-13H2/p+1. The molecule has 1 heterocycles. The van der Waals surface area contributed by atoms with Gasteiger partial charge in [-0.3, -0.25) is 0 Å². The minimum absolute atomic E-state index is 0.212. The zero-order chi connectivity index (χ0) is 17.9. The first-order valence-corrected chi connectivity index (χ1v) is 8.08. The van der Waals surface area contributed by atoms with Gasteiger partial charge in [0.1, 0.15) is 18.1 Å². The molecule has 0 atom stereocenters. The Balaban J connectivity index is 1.53. The minimum atomic E-state index is -4.67. The van der Waals surface area contributed by atoms with E-state index in [1.165, 1.54) is 23.1 Å². The second-order valence-corrected chi connectivity index (χ2v) is 6.06. The van der Waals surface area contributed by atoms with E-state index in [1.54, 1.807) is 24.3 Å². The molecule has 0 aromatic heterocycles. The molecular formula is C18H19F4N2O+. The van der Waals surface area contributed by atoms with Crippen molar-refractivity contribution >= 4 is 5.69 Å². The van der Waals surface area contributed by atoms with E-state index in [9.17, 15) is 17.6 Å². The molecule has 7 heteroatoms. The van der Waals surface area contributed by atoms with Gasteiger partial charge in [0.05, 0.1) is 31.9 Å². The molecule has 2 aromatic carbocycles. The maximum Gasteiger partial charge on any atom is 0.573 e. The van der Waals surface area contributed by atoms with Crippen LogP contribution in [0.15, 0.2) is 48.5 Å². The van der Waals surface area contributed by atoms with E-state index in [-0.39, 0.29) is 11.6 Å². The average Bonchev–Trinajstić information content (AvgIpc) is 2.57. The number of hydrogen-bond donors (Lipinski definition) is 1. The molecule has 0 amide bonds. The molecular weight excluding hydrogens is 336 g/mol. The largest absolute Gasteiger partial charge is 0.573 e. The van der Waals surface area contributed by atoms with Crippen LogP contribution in [-0.4, -0.2) is 32.5 Å². The highest BCUT2D eigenvalue weighted by molar-refractivity contribution is 5.47. The molecule has 1 aliphatic heterocycles. The number of piperazine rings is 1. The zero-order valence-electron chi connectivity index (χ0n) is 13.5. The van der Waals surface area contributed by atoms with E-state index >= 15 is 0 Å². The summed E-state index contributed by atoms with van der Waals surface area (Å²) < 4.78 is 54.2. The predicted molar refractivity (Wildman–Crippen MR) is 86.1 cm³/mol. The van der Waals surface area contributed by atoms with Gasteiger partial charge in [-0.05, 0) is 36.4 Å². The van der Waals surface area contributed by atoms with Gasteiger partial charge < -0.3 is 14.5 Å². The Morgan fingerprint density at radius 2 is 1.60 bits per heavy atom. The molecule has 2 aromatic rings. The summed E-state index contributed by atoms with van der Waals surface area (Å²) in [5.74, 6) is -0.429. The van der Waals surface area contributed by atoms with Gasteiger partial charge in [-0.1, -0.05) is 12.1 Å². The lowest BCUT2D eigenvalue weighted by molar-refractivity contribution is -0.914. The molecule has 1 fully saturated rings. The summed E-state index contributed by atoms with van der Waals surface area (Å²) in [5, 5.41) is 0. The van der Waals surface area contributed by atoms with Crippen LogP contribution in [0, 0.1) is 5.82 Å². The first kappa shape index (κ1) is 17.5. The third-order valence-corrected chi connectivity index (χ3v) is 4.27. The Bertz CT molecular complexity index is 695. The Labute approximate surface area is 143 Å². The number of ether oxygens (including phenoxy) is 1. The second-order valence-electron chi connectivity index (χ2n) is 6.06. The fraction of sp³-hybridized carbons (Fsp3) is 0.333. The summed E-state index contributed by atoms with van der Waals surface area (Å²) in [5.41, 5.74) is 1.57. The number of anilines is 1. The lowest BCUT2D eigenvalue weighted by atomic mass is 10.2. The van der Waals surface area contributed by atoms with Gasteiger partial charge in [-0.25, -0.2) is 4.39 Å². The lowest BCUT2D eigenvalue weighted by Crippen LogP contribution is -3.13. The van der Waals surface area contributed by atoms with E-state index in [1.807, 2.05) is 11.0 Å². The summed E-state index contributed by atoms with van der Waals surface area (Å²) in [4.78, 5) is 3.34. The number of hydrogen-bond acceptors (Lipinski definition) is 2. The van der Waals surface area contributed by atoms with Gasteiger partial charge in [0.2, 0.25) is 0 Å². The molecule has 0 saturated carbocycles. The molecule has 0 radical (unpaired) electrons. The van der Waals surface area contributed by atoms with E-state index in [2.05, 4.69) is 4.74 Å². The Morgan fingerprint density at radius 3 is 2.20 bits per heavy atom. The monoisotopic (exact) mass is 355 g/mol. The third kappa shape index (κ3) is 4.85.